The van der Waals surface area contributed by atoms with Gasteiger partial charge in [-0.1, -0.05) is 6.07 Å². The molecule has 0 aliphatic rings. The van der Waals surface area contributed by atoms with E-state index in [1.807, 2.05) is 0 Å². The molecule has 0 fully saturated rings. The number of carbonyl (C=O) groups is 1. The number of rotatable bonds is 4. The Morgan fingerprint density at radius 1 is 1.42 bits per heavy atom. The van der Waals surface area contributed by atoms with Crippen LogP contribution >= 0.6 is 11.3 Å². The van der Waals surface area contributed by atoms with Crippen molar-refractivity contribution >= 4 is 27.1 Å². The average molecular weight is 297 g/mol. The van der Waals surface area contributed by atoms with Gasteiger partial charge in [0.2, 0.25) is 0 Å². The van der Waals surface area contributed by atoms with Gasteiger partial charge in [0.05, 0.1) is 21.7 Å². The Kier molecular flexibility index (Phi) is 3.68. The van der Waals surface area contributed by atoms with E-state index in [4.69, 9.17) is 5.11 Å². The molecule has 19 heavy (non-hydrogen) atoms. The molecule has 0 aliphatic carbocycles. The highest BCUT2D eigenvalue weighted by molar-refractivity contribution is 7.90. The number of carboxylic acids is 1. The van der Waals surface area contributed by atoms with Crippen molar-refractivity contribution in [1.82, 2.24) is 4.98 Å². The Morgan fingerprint density at radius 2 is 2.16 bits per heavy atom. The molecular formula is C12H11NO4S2. The minimum atomic E-state index is -3.55. The van der Waals surface area contributed by atoms with Crippen molar-refractivity contribution in [2.45, 2.75) is 17.6 Å². The van der Waals surface area contributed by atoms with Crippen molar-refractivity contribution in [2.24, 2.45) is 0 Å². The molecule has 0 spiro atoms. The summed E-state index contributed by atoms with van der Waals surface area (Å²) < 4.78 is 24.3. The van der Waals surface area contributed by atoms with Crippen LogP contribution in [0.4, 0.5) is 0 Å². The van der Waals surface area contributed by atoms with E-state index in [0.717, 1.165) is 0 Å². The fraction of sp³-hybridized carbons (Fsp3) is 0.167. The number of sulfone groups is 1. The predicted molar refractivity (Wildman–Crippen MR) is 71.1 cm³/mol. The fourth-order valence-corrected chi connectivity index (χ4v) is 3.91. The van der Waals surface area contributed by atoms with Crippen LogP contribution in [0, 0.1) is 6.92 Å². The van der Waals surface area contributed by atoms with Gasteiger partial charge >= 0.3 is 5.97 Å². The number of hydrogen-bond donors (Lipinski definition) is 1. The normalized spacial score (nSPS) is 11.4. The zero-order chi connectivity index (χ0) is 14.0. The van der Waals surface area contributed by atoms with E-state index in [1.165, 1.54) is 35.7 Å². The third kappa shape index (κ3) is 2.99. The van der Waals surface area contributed by atoms with Crippen molar-refractivity contribution in [2.75, 3.05) is 0 Å². The van der Waals surface area contributed by atoms with Gasteiger partial charge in [-0.15, -0.1) is 11.3 Å². The molecule has 0 atom stereocenters. The molecule has 2 rings (SSSR count). The van der Waals surface area contributed by atoms with Gasteiger partial charge in [0.15, 0.2) is 9.84 Å². The largest absolute Gasteiger partial charge is 0.478 e. The van der Waals surface area contributed by atoms with E-state index >= 15 is 0 Å². The van der Waals surface area contributed by atoms with E-state index in [9.17, 15) is 13.2 Å². The summed E-state index contributed by atoms with van der Waals surface area (Å²) in [6, 6.07) is 4.13. The molecular weight excluding hydrogens is 286 g/mol. The molecule has 0 amide bonds. The highest BCUT2D eigenvalue weighted by Gasteiger charge is 2.19. The number of aromatic nitrogens is 1. The van der Waals surface area contributed by atoms with E-state index < -0.39 is 15.8 Å². The first kappa shape index (κ1) is 13.7. The number of benzene rings is 1. The second-order valence-corrected chi connectivity index (χ2v) is 6.97. The van der Waals surface area contributed by atoms with Crippen molar-refractivity contribution in [3.05, 3.63) is 45.9 Å². The van der Waals surface area contributed by atoms with E-state index in [1.54, 1.807) is 12.4 Å². The zero-order valence-electron chi connectivity index (χ0n) is 10.0. The van der Waals surface area contributed by atoms with Crippen molar-refractivity contribution in [3.63, 3.8) is 0 Å². The first-order valence-corrected chi connectivity index (χ1v) is 7.87. The second-order valence-electron chi connectivity index (χ2n) is 4.01. The zero-order valence-corrected chi connectivity index (χ0v) is 11.7. The van der Waals surface area contributed by atoms with Crippen LogP contribution in [0.5, 0.6) is 0 Å². The smallest absolute Gasteiger partial charge is 0.335 e. The summed E-state index contributed by atoms with van der Waals surface area (Å²) in [5, 5.41) is 9.01. The molecule has 1 heterocycles. The third-order valence-electron chi connectivity index (χ3n) is 2.61. The molecule has 1 aromatic carbocycles. The Hall–Kier alpha value is -1.73. The van der Waals surface area contributed by atoms with Crippen LogP contribution < -0.4 is 0 Å². The lowest BCUT2D eigenvalue weighted by Crippen LogP contribution is -2.07. The Labute approximate surface area is 114 Å². The molecule has 1 N–H and O–H groups in total. The van der Waals surface area contributed by atoms with Crippen LogP contribution in [0.2, 0.25) is 0 Å². The predicted octanol–water partition coefficient (Wildman–Crippen LogP) is 2.12. The summed E-state index contributed by atoms with van der Waals surface area (Å²) in [4.78, 5) is 15.5. The van der Waals surface area contributed by atoms with Gasteiger partial charge in [-0.25, -0.2) is 13.2 Å². The van der Waals surface area contributed by atoms with E-state index in [-0.39, 0.29) is 16.2 Å². The maximum atomic E-state index is 12.2. The summed E-state index contributed by atoms with van der Waals surface area (Å²) in [5.41, 5.74) is 2.09. The average Bonchev–Trinajstić information content (AvgIpc) is 2.80. The van der Waals surface area contributed by atoms with Gasteiger partial charge in [-0.05, 0) is 24.6 Å². The third-order valence-corrected chi connectivity index (χ3v) is 5.24. The topological polar surface area (TPSA) is 84.3 Å². The molecule has 0 unspecified atom stereocenters. The molecule has 0 bridgehead atoms. The minimum Gasteiger partial charge on any atom is -0.478 e. The molecule has 7 heteroatoms. The molecule has 100 valence electrons. The first-order valence-electron chi connectivity index (χ1n) is 5.34. The maximum Gasteiger partial charge on any atom is 0.335 e. The van der Waals surface area contributed by atoms with Crippen LogP contribution in [-0.4, -0.2) is 24.5 Å². The minimum absolute atomic E-state index is 0.00498. The standard InChI is InChI=1S/C12H11NO4S2/c1-8-2-3-10(4-11(8)12(14)15)19(16,17)6-9-5-13-7-18-9/h2-5,7H,6H2,1H3,(H,14,15). The molecule has 0 aliphatic heterocycles. The van der Waals surface area contributed by atoms with Crippen molar-refractivity contribution < 1.29 is 18.3 Å². The summed E-state index contributed by atoms with van der Waals surface area (Å²) >= 11 is 1.25. The number of nitrogens with zero attached hydrogens (tertiary/aromatic N) is 1. The lowest BCUT2D eigenvalue weighted by molar-refractivity contribution is 0.0696. The van der Waals surface area contributed by atoms with Gasteiger partial charge in [0.1, 0.15) is 0 Å². The SMILES string of the molecule is Cc1ccc(S(=O)(=O)Cc2cncs2)cc1C(=O)O. The quantitative estimate of drug-likeness (QED) is 0.934. The van der Waals surface area contributed by atoms with Gasteiger partial charge in [0, 0.05) is 11.1 Å². The molecule has 2 aromatic rings. The van der Waals surface area contributed by atoms with Gasteiger partial charge in [0.25, 0.3) is 0 Å². The lowest BCUT2D eigenvalue weighted by atomic mass is 10.1. The summed E-state index contributed by atoms with van der Waals surface area (Å²) in [6.07, 6.45) is 1.49. The Morgan fingerprint density at radius 3 is 2.74 bits per heavy atom. The molecule has 0 saturated heterocycles. The molecule has 5 nitrogen and oxygen atoms in total. The van der Waals surface area contributed by atoms with E-state index in [2.05, 4.69) is 4.98 Å². The number of carboxylic acid groups (broad SMARTS) is 1. The molecule has 1 aromatic heterocycles. The maximum absolute atomic E-state index is 12.2. The van der Waals surface area contributed by atoms with Crippen LogP contribution in [0.3, 0.4) is 0 Å². The number of hydrogen-bond acceptors (Lipinski definition) is 5. The van der Waals surface area contributed by atoms with Crippen LogP contribution in [0.25, 0.3) is 0 Å². The summed E-state index contributed by atoms with van der Waals surface area (Å²) in [5.74, 6) is -1.30. The van der Waals surface area contributed by atoms with Crippen LogP contribution in [0.15, 0.2) is 34.8 Å². The van der Waals surface area contributed by atoms with Crippen molar-refractivity contribution in [1.29, 1.82) is 0 Å². The highest BCUT2D eigenvalue weighted by Crippen LogP contribution is 2.21. The van der Waals surface area contributed by atoms with Crippen molar-refractivity contribution in [3.8, 4) is 0 Å². The Bertz CT molecular complexity index is 705. The lowest BCUT2D eigenvalue weighted by Gasteiger charge is -2.06. The molecule has 0 radical (unpaired) electrons. The number of thiazole rings is 1. The van der Waals surface area contributed by atoms with Gasteiger partial charge in [-0.2, -0.15) is 0 Å². The Balaban J connectivity index is 2.41. The monoisotopic (exact) mass is 297 g/mol. The van der Waals surface area contributed by atoms with Gasteiger partial charge < -0.3 is 5.11 Å². The van der Waals surface area contributed by atoms with Crippen LogP contribution in [-0.2, 0) is 15.6 Å². The van der Waals surface area contributed by atoms with Gasteiger partial charge in [-0.3, -0.25) is 4.98 Å². The van der Waals surface area contributed by atoms with E-state index in [0.29, 0.717) is 10.4 Å². The number of aromatic carboxylic acids is 1. The number of aryl methyl sites for hydroxylation is 1. The van der Waals surface area contributed by atoms with Crippen LogP contribution in [0.1, 0.15) is 20.8 Å². The summed E-state index contributed by atoms with van der Waals surface area (Å²) in [7, 11) is -3.55. The highest BCUT2D eigenvalue weighted by atomic mass is 32.2. The second kappa shape index (κ2) is 5.10. The summed E-state index contributed by atoms with van der Waals surface area (Å²) in [6.45, 7) is 1.63. The first-order chi connectivity index (χ1) is 8.90. The molecule has 0 saturated carbocycles. The fourth-order valence-electron chi connectivity index (χ4n) is 1.61.